The van der Waals surface area contributed by atoms with E-state index in [2.05, 4.69) is 33.9 Å². The van der Waals surface area contributed by atoms with E-state index >= 15 is 0 Å². The second-order valence-corrected chi connectivity index (χ2v) is 4.44. The number of rotatable bonds is 3. The maximum atomic E-state index is 5.34. The van der Waals surface area contributed by atoms with E-state index < -0.39 is 0 Å². The summed E-state index contributed by atoms with van der Waals surface area (Å²) in [5.74, 6) is 1.50. The predicted molar refractivity (Wildman–Crippen MR) is 71.9 cm³/mol. The van der Waals surface area contributed by atoms with Crippen LogP contribution in [0.4, 0.5) is 0 Å². The van der Waals surface area contributed by atoms with Crippen LogP contribution < -0.4 is 9.47 Å². The fraction of sp³-hybridized carbons (Fsp3) is 0.308. The van der Waals surface area contributed by atoms with Crippen molar-refractivity contribution in [2.45, 2.75) is 13.3 Å². The summed E-state index contributed by atoms with van der Waals surface area (Å²) in [4.78, 5) is 4.53. The fourth-order valence-corrected chi connectivity index (χ4v) is 2.34. The molecule has 1 aromatic heterocycles. The zero-order valence-corrected chi connectivity index (χ0v) is 11.7. The second kappa shape index (κ2) is 4.92. The number of methoxy groups -OCH3 is 2. The number of pyridine rings is 1. The Morgan fingerprint density at radius 2 is 1.94 bits per heavy atom. The molecule has 17 heavy (non-hydrogen) atoms. The molecule has 0 aliphatic carbocycles. The van der Waals surface area contributed by atoms with Crippen LogP contribution in [0.1, 0.15) is 12.5 Å². The average molecular weight is 296 g/mol. The number of fused-ring (bicyclic) bond motifs is 1. The molecule has 0 unspecified atom stereocenters. The summed E-state index contributed by atoms with van der Waals surface area (Å²) < 4.78 is 11.5. The van der Waals surface area contributed by atoms with Crippen molar-refractivity contribution in [3.63, 3.8) is 0 Å². The van der Waals surface area contributed by atoms with E-state index in [1.807, 2.05) is 12.1 Å². The molecular formula is C13H14BrNO2. The van der Waals surface area contributed by atoms with Crippen molar-refractivity contribution in [2.75, 3.05) is 14.2 Å². The van der Waals surface area contributed by atoms with Gasteiger partial charge in [-0.05, 0) is 40.0 Å². The maximum absolute atomic E-state index is 5.34. The van der Waals surface area contributed by atoms with E-state index in [1.165, 1.54) is 5.56 Å². The van der Waals surface area contributed by atoms with Gasteiger partial charge in [-0.1, -0.05) is 6.92 Å². The highest BCUT2D eigenvalue weighted by atomic mass is 79.9. The Hall–Kier alpha value is -1.29. The average Bonchev–Trinajstić information content (AvgIpc) is 2.36. The summed E-state index contributed by atoms with van der Waals surface area (Å²) in [6, 6.07) is 5.92. The van der Waals surface area contributed by atoms with Gasteiger partial charge in [0, 0.05) is 11.5 Å². The van der Waals surface area contributed by atoms with Gasteiger partial charge in [-0.25, -0.2) is 4.98 Å². The summed E-state index contributed by atoms with van der Waals surface area (Å²) >= 11 is 3.48. The molecule has 0 fully saturated rings. The Morgan fingerprint density at radius 3 is 2.53 bits per heavy atom. The summed E-state index contributed by atoms with van der Waals surface area (Å²) in [6.07, 6.45) is 0.934. The Labute approximate surface area is 109 Å². The molecule has 0 saturated carbocycles. The van der Waals surface area contributed by atoms with Crippen molar-refractivity contribution < 1.29 is 9.47 Å². The molecule has 0 radical (unpaired) electrons. The molecule has 0 N–H and O–H groups in total. The molecule has 0 saturated heterocycles. The summed E-state index contributed by atoms with van der Waals surface area (Å²) in [6.45, 7) is 2.10. The summed E-state index contributed by atoms with van der Waals surface area (Å²) in [5, 5.41) is 1.03. The van der Waals surface area contributed by atoms with Crippen molar-refractivity contribution in [1.82, 2.24) is 4.98 Å². The van der Waals surface area contributed by atoms with Crippen molar-refractivity contribution >= 4 is 26.8 Å². The van der Waals surface area contributed by atoms with E-state index in [4.69, 9.17) is 9.47 Å². The van der Waals surface area contributed by atoms with Gasteiger partial charge in [-0.2, -0.15) is 0 Å². The van der Waals surface area contributed by atoms with Gasteiger partial charge in [0.25, 0.3) is 0 Å². The molecule has 2 rings (SSSR count). The summed E-state index contributed by atoms with van der Waals surface area (Å²) in [5.41, 5.74) is 2.02. The SMILES string of the molecule is CCc1cc2cc(OC)cc(OC)c2nc1Br. The predicted octanol–water partition coefficient (Wildman–Crippen LogP) is 3.58. The lowest BCUT2D eigenvalue weighted by atomic mass is 10.1. The first-order valence-corrected chi connectivity index (χ1v) is 6.20. The molecule has 1 heterocycles. The van der Waals surface area contributed by atoms with Crippen LogP contribution in [0.2, 0.25) is 0 Å². The van der Waals surface area contributed by atoms with Crippen LogP contribution in [0.5, 0.6) is 11.5 Å². The Morgan fingerprint density at radius 1 is 1.18 bits per heavy atom. The minimum Gasteiger partial charge on any atom is -0.497 e. The third-order valence-electron chi connectivity index (χ3n) is 2.72. The molecule has 0 spiro atoms. The number of hydrogen-bond acceptors (Lipinski definition) is 3. The van der Waals surface area contributed by atoms with Gasteiger partial charge < -0.3 is 9.47 Å². The summed E-state index contributed by atoms with van der Waals surface area (Å²) in [7, 11) is 3.28. The molecule has 3 nitrogen and oxygen atoms in total. The number of hydrogen-bond donors (Lipinski definition) is 0. The van der Waals surface area contributed by atoms with Crippen LogP contribution in [0.15, 0.2) is 22.8 Å². The number of ether oxygens (including phenoxy) is 2. The van der Waals surface area contributed by atoms with Gasteiger partial charge in [-0.15, -0.1) is 0 Å². The number of nitrogens with zero attached hydrogens (tertiary/aromatic N) is 1. The number of halogens is 1. The van der Waals surface area contributed by atoms with Gasteiger partial charge in [0.15, 0.2) is 0 Å². The smallest absolute Gasteiger partial charge is 0.148 e. The molecule has 2 aromatic rings. The monoisotopic (exact) mass is 295 g/mol. The Kier molecular flexibility index (Phi) is 3.52. The molecule has 90 valence electrons. The molecule has 0 aliphatic heterocycles. The molecule has 1 aromatic carbocycles. The van der Waals surface area contributed by atoms with Gasteiger partial charge in [0.1, 0.15) is 21.6 Å². The normalized spacial score (nSPS) is 10.6. The van der Waals surface area contributed by atoms with E-state index in [0.717, 1.165) is 33.4 Å². The quantitative estimate of drug-likeness (QED) is 0.811. The number of aromatic nitrogens is 1. The lowest BCUT2D eigenvalue weighted by Crippen LogP contribution is -1.94. The number of aryl methyl sites for hydroxylation is 1. The van der Waals surface area contributed by atoms with Crippen LogP contribution in [0.25, 0.3) is 10.9 Å². The van der Waals surface area contributed by atoms with Crippen LogP contribution in [-0.2, 0) is 6.42 Å². The lowest BCUT2D eigenvalue weighted by Gasteiger charge is -2.10. The van der Waals surface area contributed by atoms with Crippen LogP contribution in [-0.4, -0.2) is 19.2 Å². The van der Waals surface area contributed by atoms with Gasteiger partial charge in [0.05, 0.1) is 14.2 Å². The third kappa shape index (κ3) is 2.22. The van der Waals surface area contributed by atoms with Gasteiger partial charge >= 0.3 is 0 Å². The van der Waals surface area contributed by atoms with Crippen molar-refractivity contribution in [2.24, 2.45) is 0 Å². The first kappa shape index (κ1) is 12.2. The minimum atomic E-state index is 0.725. The standard InChI is InChI=1S/C13H14BrNO2/c1-4-8-5-9-6-10(16-2)7-11(17-3)12(9)15-13(8)14/h5-7H,4H2,1-3H3. The van der Waals surface area contributed by atoms with E-state index in [1.54, 1.807) is 14.2 Å². The zero-order valence-electron chi connectivity index (χ0n) is 10.1. The second-order valence-electron chi connectivity index (χ2n) is 3.69. The highest BCUT2D eigenvalue weighted by Gasteiger charge is 2.09. The number of benzene rings is 1. The molecule has 0 bridgehead atoms. The largest absolute Gasteiger partial charge is 0.497 e. The highest BCUT2D eigenvalue weighted by molar-refractivity contribution is 9.10. The Bertz CT molecular complexity index is 555. The van der Waals surface area contributed by atoms with Gasteiger partial charge in [-0.3, -0.25) is 0 Å². The molecule has 0 atom stereocenters. The zero-order chi connectivity index (χ0) is 12.4. The van der Waals surface area contributed by atoms with E-state index in [-0.39, 0.29) is 0 Å². The molecule has 0 amide bonds. The first-order chi connectivity index (χ1) is 8.19. The Balaban J connectivity index is 2.75. The van der Waals surface area contributed by atoms with Gasteiger partial charge in [0.2, 0.25) is 0 Å². The van der Waals surface area contributed by atoms with Crippen molar-refractivity contribution in [1.29, 1.82) is 0 Å². The van der Waals surface area contributed by atoms with Crippen LogP contribution in [0.3, 0.4) is 0 Å². The first-order valence-electron chi connectivity index (χ1n) is 5.40. The topological polar surface area (TPSA) is 31.4 Å². The van der Waals surface area contributed by atoms with Crippen molar-refractivity contribution in [3.05, 3.63) is 28.4 Å². The van der Waals surface area contributed by atoms with Crippen LogP contribution >= 0.6 is 15.9 Å². The highest BCUT2D eigenvalue weighted by Crippen LogP contribution is 2.32. The molecule has 0 aliphatic rings. The van der Waals surface area contributed by atoms with Crippen LogP contribution in [0, 0.1) is 0 Å². The molecular weight excluding hydrogens is 282 g/mol. The third-order valence-corrected chi connectivity index (χ3v) is 3.41. The maximum Gasteiger partial charge on any atom is 0.148 e. The molecule has 4 heteroatoms. The lowest BCUT2D eigenvalue weighted by molar-refractivity contribution is 0.397. The van der Waals surface area contributed by atoms with Crippen molar-refractivity contribution in [3.8, 4) is 11.5 Å². The van der Waals surface area contributed by atoms with E-state index in [9.17, 15) is 0 Å². The minimum absolute atomic E-state index is 0.725. The van der Waals surface area contributed by atoms with E-state index in [0.29, 0.717) is 0 Å². The fourth-order valence-electron chi connectivity index (χ4n) is 1.77.